The third-order valence-electron chi connectivity index (χ3n) is 2.73. The van der Waals surface area contributed by atoms with Crippen LogP contribution in [-0.4, -0.2) is 6.54 Å². The number of hydrogen-bond acceptors (Lipinski definition) is 1. The van der Waals surface area contributed by atoms with Gasteiger partial charge in [-0.1, -0.05) is 55.8 Å². The Hall–Kier alpha value is -0.790. The largest absolute Gasteiger partial charge is 0.233 e. The minimum Gasteiger partial charge on any atom is -0.233 e. The maximum atomic E-state index is 5.63. The molecule has 0 spiro atoms. The van der Waals surface area contributed by atoms with E-state index in [0.29, 0.717) is 5.92 Å². The minimum absolute atomic E-state index is 0.428. The fraction of sp³-hybridized carbons (Fsp3) is 0.429. The van der Waals surface area contributed by atoms with Crippen LogP contribution in [-0.2, 0) is 0 Å². The van der Waals surface area contributed by atoms with Crippen LogP contribution in [0.5, 0.6) is 0 Å². The maximum absolute atomic E-state index is 5.63. The van der Waals surface area contributed by atoms with Gasteiger partial charge in [0.15, 0.2) is 0 Å². The first-order chi connectivity index (χ1) is 7.77. The van der Waals surface area contributed by atoms with Crippen LogP contribution in [0.2, 0.25) is 0 Å². The molecule has 0 bridgehead atoms. The van der Waals surface area contributed by atoms with Crippen molar-refractivity contribution in [3.05, 3.63) is 48.0 Å². The van der Waals surface area contributed by atoms with Crippen molar-refractivity contribution < 1.29 is 0 Å². The number of halogens is 1. The first-order valence-corrected chi connectivity index (χ1v) is 6.20. The Morgan fingerprint density at radius 1 is 1.38 bits per heavy atom. The van der Waals surface area contributed by atoms with E-state index in [1.165, 1.54) is 11.1 Å². The average Bonchev–Trinajstić information content (AvgIpc) is 2.30. The van der Waals surface area contributed by atoms with E-state index in [2.05, 4.69) is 42.6 Å². The zero-order chi connectivity index (χ0) is 11.8. The van der Waals surface area contributed by atoms with E-state index < -0.39 is 0 Å². The van der Waals surface area contributed by atoms with Crippen molar-refractivity contribution in [2.75, 3.05) is 6.54 Å². The van der Waals surface area contributed by atoms with Crippen molar-refractivity contribution >= 4 is 11.8 Å². The first kappa shape index (κ1) is 13.3. The van der Waals surface area contributed by atoms with Crippen LogP contribution in [0.15, 0.2) is 42.5 Å². The molecule has 88 valence electrons. The van der Waals surface area contributed by atoms with Gasteiger partial charge in [-0.25, -0.2) is 4.84 Å². The summed E-state index contributed by atoms with van der Waals surface area (Å²) < 4.78 is 0. The highest BCUT2D eigenvalue weighted by Crippen LogP contribution is 2.24. The number of allylic oxidation sites excluding steroid dienone is 1. The number of hydrogen-bond donors (Lipinski definition) is 1. The molecular formula is C14H20ClN. The molecule has 0 aliphatic rings. The van der Waals surface area contributed by atoms with E-state index in [0.717, 1.165) is 25.8 Å². The lowest BCUT2D eigenvalue weighted by Gasteiger charge is -2.17. The Bertz CT molecular complexity index is 308. The summed E-state index contributed by atoms with van der Waals surface area (Å²) in [6.07, 6.45) is 3.28. The molecule has 0 saturated carbocycles. The molecule has 0 aliphatic carbocycles. The normalized spacial score (nSPS) is 12.4. The minimum atomic E-state index is 0.428. The van der Waals surface area contributed by atoms with E-state index in [1.807, 2.05) is 6.07 Å². The Kier molecular flexibility index (Phi) is 6.20. The molecule has 2 heteroatoms. The number of rotatable bonds is 7. The van der Waals surface area contributed by atoms with E-state index in [4.69, 9.17) is 11.8 Å². The monoisotopic (exact) mass is 237 g/mol. The third-order valence-corrected chi connectivity index (χ3v) is 2.89. The highest BCUT2D eigenvalue weighted by Gasteiger charge is 2.11. The van der Waals surface area contributed by atoms with Crippen molar-refractivity contribution in [2.45, 2.75) is 32.1 Å². The Labute approximate surface area is 104 Å². The average molecular weight is 238 g/mol. The first-order valence-electron chi connectivity index (χ1n) is 5.83. The molecule has 0 heterocycles. The number of nitrogens with one attached hydrogen (secondary N) is 1. The van der Waals surface area contributed by atoms with Crippen molar-refractivity contribution in [1.29, 1.82) is 0 Å². The predicted molar refractivity (Wildman–Crippen MR) is 71.7 cm³/mol. The fourth-order valence-electron chi connectivity index (χ4n) is 1.93. The summed E-state index contributed by atoms with van der Waals surface area (Å²) in [6, 6.07) is 10.5. The summed E-state index contributed by atoms with van der Waals surface area (Å²) in [4.78, 5) is 2.74. The van der Waals surface area contributed by atoms with Crippen LogP contribution in [0.4, 0.5) is 0 Å². The smallest absolute Gasteiger partial charge is 0.0180 e. The van der Waals surface area contributed by atoms with Crippen molar-refractivity contribution in [3.8, 4) is 0 Å². The molecule has 1 aromatic carbocycles. The lowest BCUT2D eigenvalue weighted by atomic mass is 9.91. The van der Waals surface area contributed by atoms with Gasteiger partial charge in [-0.15, -0.1) is 0 Å². The summed E-state index contributed by atoms with van der Waals surface area (Å²) in [7, 11) is 0. The summed E-state index contributed by atoms with van der Waals surface area (Å²) in [5, 5.41) is 0. The molecule has 1 nitrogen and oxygen atoms in total. The molecule has 1 rings (SSSR count). The molecule has 0 radical (unpaired) electrons. The Morgan fingerprint density at radius 2 is 2.06 bits per heavy atom. The van der Waals surface area contributed by atoms with Gasteiger partial charge < -0.3 is 0 Å². The van der Waals surface area contributed by atoms with Gasteiger partial charge >= 0.3 is 0 Å². The molecule has 0 aromatic heterocycles. The molecule has 0 amide bonds. The Balaban J connectivity index is 2.64. The second-order valence-electron chi connectivity index (χ2n) is 4.15. The molecule has 0 fully saturated rings. The van der Waals surface area contributed by atoms with Gasteiger partial charge in [-0.3, -0.25) is 0 Å². The van der Waals surface area contributed by atoms with Gasteiger partial charge in [-0.05, 0) is 30.2 Å². The maximum Gasteiger partial charge on any atom is 0.0180 e. The SMILES string of the molecule is C=C(CCC)CC(CNCl)c1ccccc1. The zero-order valence-electron chi connectivity index (χ0n) is 9.88. The van der Waals surface area contributed by atoms with Crippen LogP contribution >= 0.6 is 11.8 Å². The quantitative estimate of drug-likeness (QED) is 0.552. The molecule has 1 unspecified atom stereocenters. The predicted octanol–water partition coefficient (Wildman–Crippen LogP) is 4.26. The molecule has 1 atom stereocenters. The lowest BCUT2D eigenvalue weighted by molar-refractivity contribution is 0.645. The van der Waals surface area contributed by atoms with E-state index in [9.17, 15) is 0 Å². The van der Waals surface area contributed by atoms with Gasteiger partial charge in [0.1, 0.15) is 0 Å². The fourth-order valence-corrected chi connectivity index (χ4v) is 2.12. The van der Waals surface area contributed by atoms with Crippen molar-refractivity contribution in [1.82, 2.24) is 4.84 Å². The van der Waals surface area contributed by atoms with Crippen LogP contribution in [0, 0.1) is 0 Å². The van der Waals surface area contributed by atoms with Gasteiger partial charge in [0.2, 0.25) is 0 Å². The topological polar surface area (TPSA) is 12.0 Å². The molecule has 1 N–H and O–H groups in total. The van der Waals surface area contributed by atoms with E-state index in [1.54, 1.807) is 0 Å². The third kappa shape index (κ3) is 4.38. The highest BCUT2D eigenvalue weighted by molar-refractivity contribution is 6.13. The zero-order valence-corrected chi connectivity index (χ0v) is 10.6. The van der Waals surface area contributed by atoms with Gasteiger partial charge in [-0.2, -0.15) is 0 Å². The van der Waals surface area contributed by atoms with Crippen LogP contribution in [0.25, 0.3) is 0 Å². The van der Waals surface area contributed by atoms with Gasteiger partial charge in [0, 0.05) is 12.5 Å². The van der Waals surface area contributed by atoms with Gasteiger partial charge in [0.05, 0.1) is 0 Å². The molecule has 0 saturated heterocycles. The summed E-state index contributed by atoms with van der Waals surface area (Å²) in [5.74, 6) is 0.428. The highest BCUT2D eigenvalue weighted by atomic mass is 35.5. The van der Waals surface area contributed by atoms with Crippen molar-refractivity contribution in [2.24, 2.45) is 0 Å². The molecule has 16 heavy (non-hydrogen) atoms. The van der Waals surface area contributed by atoms with Crippen molar-refractivity contribution in [3.63, 3.8) is 0 Å². The molecule has 1 aromatic rings. The number of benzene rings is 1. The van der Waals surface area contributed by atoms with Crippen LogP contribution < -0.4 is 4.84 Å². The molecule has 0 aliphatic heterocycles. The van der Waals surface area contributed by atoms with Gasteiger partial charge in [0.25, 0.3) is 0 Å². The van der Waals surface area contributed by atoms with E-state index >= 15 is 0 Å². The summed E-state index contributed by atoms with van der Waals surface area (Å²) in [6.45, 7) is 7.09. The van der Waals surface area contributed by atoms with E-state index in [-0.39, 0.29) is 0 Å². The second kappa shape index (κ2) is 7.48. The Morgan fingerprint density at radius 3 is 2.62 bits per heavy atom. The van der Waals surface area contributed by atoms with Crippen LogP contribution in [0.1, 0.15) is 37.7 Å². The second-order valence-corrected chi connectivity index (χ2v) is 4.42. The summed E-state index contributed by atoms with van der Waals surface area (Å²) in [5.41, 5.74) is 2.64. The van der Waals surface area contributed by atoms with Crippen LogP contribution in [0.3, 0.4) is 0 Å². The lowest BCUT2D eigenvalue weighted by Crippen LogP contribution is -2.14. The summed E-state index contributed by atoms with van der Waals surface area (Å²) >= 11 is 5.63. The standard InChI is InChI=1S/C14H20ClN/c1-3-7-12(2)10-14(11-16-15)13-8-5-4-6-9-13/h4-6,8-9,14,16H,2-3,7,10-11H2,1H3. The molecular weight excluding hydrogens is 218 g/mol.